The van der Waals surface area contributed by atoms with Crippen molar-refractivity contribution >= 4 is 11.7 Å². The summed E-state index contributed by atoms with van der Waals surface area (Å²) in [7, 11) is 2.13. The number of rotatable bonds is 8. The van der Waals surface area contributed by atoms with Crippen LogP contribution in [0, 0.1) is 0 Å². The summed E-state index contributed by atoms with van der Waals surface area (Å²) in [5.74, 6) is 1.07. The first-order valence-electron chi connectivity index (χ1n) is 8.47. The van der Waals surface area contributed by atoms with Crippen LogP contribution in [0.5, 0.6) is 5.75 Å². The average Bonchev–Trinajstić information content (AvgIpc) is 2.97. The Labute approximate surface area is 138 Å². The number of pyridine rings is 1. The molecule has 1 fully saturated rings. The molecule has 0 spiro atoms. The number of carbonyl (C=O) groups excluding carboxylic acids is 1. The number of nitrogens with one attached hydrogen (secondary N) is 1. The summed E-state index contributed by atoms with van der Waals surface area (Å²) < 4.78 is 5.71. The third-order valence-corrected chi connectivity index (χ3v) is 4.25. The molecule has 0 aromatic carbocycles. The molecule has 1 aliphatic rings. The van der Waals surface area contributed by atoms with Gasteiger partial charge in [0, 0.05) is 18.7 Å². The molecule has 6 nitrogen and oxygen atoms in total. The van der Waals surface area contributed by atoms with Crippen molar-refractivity contribution in [3.63, 3.8) is 0 Å². The number of nitrogens with zero attached hydrogens (tertiary/aromatic N) is 2. The van der Waals surface area contributed by atoms with E-state index >= 15 is 0 Å². The molecule has 1 aromatic rings. The molecular weight excluding hydrogens is 292 g/mol. The van der Waals surface area contributed by atoms with Crippen LogP contribution in [-0.2, 0) is 4.79 Å². The number of hydrogen-bond donors (Lipinski definition) is 2. The summed E-state index contributed by atoms with van der Waals surface area (Å²) >= 11 is 0. The molecule has 1 atom stereocenters. The average molecular weight is 320 g/mol. The molecule has 1 saturated heterocycles. The number of anilines is 1. The number of nitrogens with two attached hydrogens (primary N) is 1. The fraction of sp³-hybridized carbons (Fsp3) is 0.647. The number of ether oxygens (including phenoxy) is 1. The number of aromatic nitrogens is 1. The maximum atomic E-state index is 11.5. The molecule has 0 bridgehead atoms. The maximum Gasteiger partial charge on any atom is 0.220 e. The minimum Gasteiger partial charge on any atom is -0.488 e. The van der Waals surface area contributed by atoms with Crippen LogP contribution >= 0.6 is 0 Å². The Morgan fingerprint density at radius 1 is 1.57 bits per heavy atom. The highest BCUT2D eigenvalue weighted by atomic mass is 16.5. The molecule has 0 aliphatic carbocycles. The summed E-state index contributed by atoms with van der Waals surface area (Å²) in [6, 6.07) is 2.37. The zero-order valence-corrected chi connectivity index (χ0v) is 14.2. The van der Waals surface area contributed by atoms with Crippen molar-refractivity contribution in [3.8, 4) is 5.75 Å². The largest absolute Gasteiger partial charge is 0.488 e. The van der Waals surface area contributed by atoms with Gasteiger partial charge in [0.15, 0.2) is 11.6 Å². The highest BCUT2D eigenvalue weighted by Gasteiger charge is 2.23. The second-order valence-corrected chi connectivity index (χ2v) is 6.09. The van der Waals surface area contributed by atoms with E-state index in [2.05, 4.69) is 29.2 Å². The van der Waals surface area contributed by atoms with Crippen molar-refractivity contribution in [2.24, 2.45) is 0 Å². The normalized spacial score (nSPS) is 18.1. The van der Waals surface area contributed by atoms with E-state index < -0.39 is 0 Å². The highest BCUT2D eigenvalue weighted by Crippen LogP contribution is 2.32. The summed E-state index contributed by atoms with van der Waals surface area (Å²) in [5, 5.41) is 2.85. The lowest BCUT2D eigenvalue weighted by molar-refractivity contribution is -0.121. The number of unbranched alkanes of at least 4 members (excludes halogenated alkanes) is 1. The smallest absolute Gasteiger partial charge is 0.220 e. The van der Waals surface area contributed by atoms with Crippen LogP contribution in [0.1, 0.15) is 50.6 Å². The van der Waals surface area contributed by atoms with E-state index in [-0.39, 0.29) is 5.91 Å². The topological polar surface area (TPSA) is 80.5 Å². The summed E-state index contributed by atoms with van der Waals surface area (Å²) in [5.41, 5.74) is 7.03. The molecule has 3 N–H and O–H groups in total. The maximum absolute atomic E-state index is 11.5. The number of nitrogen functional groups attached to an aromatic ring is 1. The number of hydrogen-bond acceptors (Lipinski definition) is 5. The first kappa shape index (κ1) is 17.5. The van der Waals surface area contributed by atoms with Gasteiger partial charge in [-0.2, -0.15) is 0 Å². The SMILES string of the molecule is CCCCC(=O)NCCOc1cc([C@@H]2CCCN2C)cnc1N. The van der Waals surface area contributed by atoms with Gasteiger partial charge in [-0.1, -0.05) is 13.3 Å². The first-order chi connectivity index (χ1) is 11.1. The van der Waals surface area contributed by atoms with E-state index in [1.165, 1.54) is 6.42 Å². The van der Waals surface area contributed by atoms with Crippen molar-refractivity contribution < 1.29 is 9.53 Å². The van der Waals surface area contributed by atoms with Gasteiger partial charge in [0.25, 0.3) is 0 Å². The lowest BCUT2D eigenvalue weighted by atomic mass is 10.1. The first-order valence-corrected chi connectivity index (χ1v) is 8.47. The molecule has 6 heteroatoms. The van der Waals surface area contributed by atoms with E-state index in [1.807, 2.05) is 12.3 Å². The summed E-state index contributed by atoms with van der Waals surface area (Å²) in [4.78, 5) is 18.1. The predicted molar refractivity (Wildman–Crippen MR) is 91.3 cm³/mol. The van der Waals surface area contributed by atoms with E-state index in [1.54, 1.807) is 0 Å². The van der Waals surface area contributed by atoms with Crippen LogP contribution in [0.4, 0.5) is 5.82 Å². The van der Waals surface area contributed by atoms with Gasteiger partial charge in [-0.15, -0.1) is 0 Å². The quantitative estimate of drug-likeness (QED) is 0.717. The van der Waals surface area contributed by atoms with Crippen molar-refractivity contribution in [1.29, 1.82) is 0 Å². The van der Waals surface area contributed by atoms with Gasteiger partial charge in [0.1, 0.15) is 6.61 Å². The molecule has 23 heavy (non-hydrogen) atoms. The van der Waals surface area contributed by atoms with E-state index in [9.17, 15) is 4.79 Å². The van der Waals surface area contributed by atoms with Crippen molar-refractivity contribution in [2.45, 2.75) is 45.1 Å². The van der Waals surface area contributed by atoms with Crippen molar-refractivity contribution in [2.75, 3.05) is 32.5 Å². The van der Waals surface area contributed by atoms with E-state index in [0.29, 0.717) is 37.2 Å². The number of likely N-dealkylation sites (tertiary alicyclic amines) is 1. The Bertz CT molecular complexity index is 521. The lowest BCUT2D eigenvalue weighted by Gasteiger charge is -2.20. The second kappa shape index (κ2) is 8.72. The second-order valence-electron chi connectivity index (χ2n) is 6.09. The fourth-order valence-electron chi connectivity index (χ4n) is 2.88. The van der Waals surface area contributed by atoms with Crippen LogP contribution in [0.15, 0.2) is 12.3 Å². The Morgan fingerprint density at radius 2 is 2.39 bits per heavy atom. The molecule has 0 radical (unpaired) electrons. The van der Waals surface area contributed by atoms with E-state index in [4.69, 9.17) is 10.5 Å². The van der Waals surface area contributed by atoms with E-state index in [0.717, 1.165) is 31.4 Å². The predicted octanol–water partition coefficient (Wildman–Crippen LogP) is 2.12. The van der Waals surface area contributed by atoms with Gasteiger partial charge in [0.2, 0.25) is 5.91 Å². The Balaban J connectivity index is 1.84. The molecule has 0 saturated carbocycles. The van der Waals surface area contributed by atoms with Crippen LogP contribution in [0.25, 0.3) is 0 Å². The molecule has 0 unspecified atom stereocenters. The van der Waals surface area contributed by atoms with Gasteiger partial charge in [-0.25, -0.2) is 4.98 Å². The zero-order chi connectivity index (χ0) is 16.7. The van der Waals surface area contributed by atoms with Gasteiger partial charge in [-0.3, -0.25) is 9.69 Å². The highest BCUT2D eigenvalue weighted by molar-refractivity contribution is 5.75. The molecule has 128 valence electrons. The molecule has 2 heterocycles. The molecular formula is C17H28N4O2. The van der Waals surface area contributed by atoms with Crippen LogP contribution in [-0.4, -0.2) is 42.5 Å². The van der Waals surface area contributed by atoms with Crippen molar-refractivity contribution in [3.05, 3.63) is 17.8 Å². The summed E-state index contributed by atoms with van der Waals surface area (Å²) in [6.07, 6.45) is 6.68. The Hall–Kier alpha value is -1.82. The van der Waals surface area contributed by atoms with Crippen LogP contribution < -0.4 is 15.8 Å². The third-order valence-electron chi connectivity index (χ3n) is 4.25. The number of carbonyl (C=O) groups is 1. The monoisotopic (exact) mass is 320 g/mol. The Kier molecular flexibility index (Phi) is 6.65. The third kappa shape index (κ3) is 5.10. The van der Waals surface area contributed by atoms with Crippen molar-refractivity contribution in [1.82, 2.24) is 15.2 Å². The van der Waals surface area contributed by atoms with Gasteiger partial charge in [0.05, 0.1) is 6.54 Å². The fourth-order valence-corrected chi connectivity index (χ4v) is 2.88. The molecule has 2 rings (SSSR count). The standard InChI is InChI=1S/C17H28N4O2/c1-3-4-7-16(22)19-8-10-23-15-11-13(12-20-17(15)18)14-6-5-9-21(14)2/h11-12,14H,3-10H2,1-2H3,(H2,18,20)(H,19,22)/t14-/m0/s1. The van der Waals surface area contributed by atoms with Crippen LogP contribution in [0.3, 0.4) is 0 Å². The van der Waals surface area contributed by atoms with Gasteiger partial charge >= 0.3 is 0 Å². The Morgan fingerprint density at radius 3 is 3.09 bits per heavy atom. The van der Waals surface area contributed by atoms with Crippen LogP contribution in [0.2, 0.25) is 0 Å². The minimum absolute atomic E-state index is 0.0721. The zero-order valence-electron chi connectivity index (χ0n) is 14.2. The molecule has 1 aromatic heterocycles. The molecule has 1 amide bonds. The van der Waals surface area contributed by atoms with Gasteiger partial charge < -0.3 is 15.8 Å². The summed E-state index contributed by atoms with van der Waals surface area (Å²) in [6.45, 7) is 4.05. The van der Waals surface area contributed by atoms with Gasteiger partial charge in [-0.05, 0) is 44.5 Å². The minimum atomic E-state index is 0.0721. The molecule has 1 aliphatic heterocycles. The number of amides is 1. The lowest BCUT2D eigenvalue weighted by Crippen LogP contribution is -2.28.